The molecule has 1 aliphatic heterocycles. The molecule has 1 atom stereocenters. The van der Waals surface area contributed by atoms with Gasteiger partial charge in [0, 0.05) is 0 Å². The molecule has 0 aromatic heterocycles. The molecule has 1 saturated heterocycles. The van der Waals surface area contributed by atoms with Gasteiger partial charge in [0.05, 0.1) is 0 Å². The van der Waals surface area contributed by atoms with Gasteiger partial charge in [-0.25, -0.2) is 0 Å². The summed E-state index contributed by atoms with van der Waals surface area (Å²) in [7, 11) is 0. The third-order valence-electron chi connectivity index (χ3n) is 6.58. The van der Waals surface area contributed by atoms with Gasteiger partial charge in [0.15, 0.2) is 0 Å². The van der Waals surface area contributed by atoms with Crippen molar-refractivity contribution in [1.29, 1.82) is 0 Å². The summed E-state index contributed by atoms with van der Waals surface area (Å²) in [5, 5.41) is 0. The topological polar surface area (TPSA) is 95.7 Å². The van der Waals surface area contributed by atoms with Crippen molar-refractivity contribution in [1.82, 2.24) is 0 Å². The fourth-order valence-corrected chi connectivity index (χ4v) is 5.87. The van der Waals surface area contributed by atoms with Crippen molar-refractivity contribution in [3.05, 3.63) is 29.8 Å². The number of Topliss-reactive ketones (excluding diaryl/α,β-unsaturated/α-hetero) is 2. The molecule has 1 unspecified atom stereocenters. The molecule has 0 spiro atoms. The van der Waals surface area contributed by atoms with Crippen LogP contribution in [-0.2, 0) is 33.4 Å². The SMILES string of the molecule is CC(C)CCCCCCCCCCCCCCC(=O)C1(C(=O)c2ccc(N)cc2)C[O][Ti](=[O])[O]1. The Kier molecular flexibility index (Phi) is 13.4. The summed E-state index contributed by atoms with van der Waals surface area (Å²) in [4.78, 5) is 26.0. The summed E-state index contributed by atoms with van der Waals surface area (Å²) in [5.74, 6) is 0.00501. The molecule has 0 bridgehead atoms. The average molecular weight is 510 g/mol. The zero-order chi connectivity index (χ0) is 24.8. The van der Waals surface area contributed by atoms with E-state index in [9.17, 15) is 12.9 Å². The summed E-state index contributed by atoms with van der Waals surface area (Å²) in [6, 6.07) is 6.32. The van der Waals surface area contributed by atoms with E-state index in [1.54, 1.807) is 24.3 Å². The van der Waals surface area contributed by atoms with Crippen LogP contribution >= 0.6 is 0 Å². The second kappa shape index (κ2) is 15.7. The van der Waals surface area contributed by atoms with E-state index in [0.717, 1.165) is 18.8 Å². The first-order valence-electron chi connectivity index (χ1n) is 13.1. The van der Waals surface area contributed by atoms with Crippen molar-refractivity contribution in [3.63, 3.8) is 0 Å². The van der Waals surface area contributed by atoms with Gasteiger partial charge in [-0.1, -0.05) is 46.0 Å². The van der Waals surface area contributed by atoms with Gasteiger partial charge < -0.3 is 0 Å². The quantitative estimate of drug-likeness (QED) is 0.0776. The molecule has 0 radical (unpaired) electrons. The summed E-state index contributed by atoms with van der Waals surface area (Å²) >= 11 is -3.50. The first-order chi connectivity index (χ1) is 16.3. The van der Waals surface area contributed by atoms with E-state index >= 15 is 0 Å². The average Bonchev–Trinajstić information content (AvgIpc) is 3.22. The molecule has 1 aromatic carbocycles. The van der Waals surface area contributed by atoms with Crippen molar-refractivity contribution in [2.75, 3.05) is 12.3 Å². The predicted octanol–water partition coefficient (Wildman–Crippen LogP) is 6.72. The third kappa shape index (κ3) is 9.81. The minimum atomic E-state index is -3.50. The molecule has 2 rings (SSSR count). The molecular weight excluding hydrogens is 466 g/mol. The van der Waals surface area contributed by atoms with Crippen molar-refractivity contribution >= 4 is 17.3 Å². The molecule has 1 heterocycles. The van der Waals surface area contributed by atoms with Crippen LogP contribution in [0.25, 0.3) is 0 Å². The molecule has 6 nitrogen and oxygen atoms in total. The Morgan fingerprint density at radius 2 is 1.38 bits per heavy atom. The molecule has 1 aromatic rings. The van der Waals surface area contributed by atoms with E-state index in [1.165, 1.54) is 64.2 Å². The summed E-state index contributed by atoms with van der Waals surface area (Å²) < 4.78 is 22.3. The van der Waals surface area contributed by atoms with E-state index < -0.39 is 30.0 Å². The molecule has 1 aliphatic rings. The van der Waals surface area contributed by atoms with E-state index in [2.05, 4.69) is 13.8 Å². The standard InChI is InChI=1S/C27H43NO4.O.Ti/c1-22(2)15-13-11-9-7-5-3-4-6-8-10-12-14-16-25(30)27(32,21-29)26(31)23-17-19-24(28)20-18-23;;/h17-20,22H,3-16,21,28H2,1-2H3;;/q-2;;+2. The molecule has 7 heteroatoms. The van der Waals surface area contributed by atoms with Crippen LogP contribution in [-0.4, -0.2) is 23.8 Å². The van der Waals surface area contributed by atoms with Crippen molar-refractivity contribution in [2.24, 2.45) is 5.92 Å². The number of nitrogens with two attached hydrogens (primary N) is 1. The number of benzene rings is 1. The summed E-state index contributed by atoms with van der Waals surface area (Å²) in [6.45, 7) is 4.33. The molecule has 1 fully saturated rings. The number of ketones is 2. The third-order valence-corrected chi connectivity index (χ3v) is 7.97. The van der Waals surface area contributed by atoms with Crippen LogP contribution in [0.15, 0.2) is 24.3 Å². The van der Waals surface area contributed by atoms with Crippen LogP contribution < -0.4 is 5.73 Å². The van der Waals surface area contributed by atoms with Gasteiger partial charge in [-0.2, -0.15) is 0 Å². The maximum atomic E-state index is 13.0. The Morgan fingerprint density at radius 3 is 1.85 bits per heavy atom. The van der Waals surface area contributed by atoms with E-state index in [-0.39, 0.29) is 18.8 Å². The Hall–Kier alpha value is -1.21. The number of nitrogen functional groups attached to an aromatic ring is 1. The Balaban J connectivity index is 1.60. The van der Waals surface area contributed by atoms with Crippen LogP contribution in [0.4, 0.5) is 5.69 Å². The van der Waals surface area contributed by atoms with Gasteiger partial charge in [0.25, 0.3) is 0 Å². The van der Waals surface area contributed by atoms with Crippen LogP contribution in [0.2, 0.25) is 0 Å². The molecule has 0 aliphatic carbocycles. The fraction of sp³-hybridized carbons (Fsp3) is 0.704. The van der Waals surface area contributed by atoms with Crippen LogP contribution in [0.3, 0.4) is 0 Å². The molecule has 34 heavy (non-hydrogen) atoms. The van der Waals surface area contributed by atoms with Crippen molar-refractivity contribution < 1.29 is 38.2 Å². The first-order valence-corrected chi connectivity index (χ1v) is 15.1. The second-order valence-electron chi connectivity index (χ2n) is 10.0. The Bertz CT molecular complexity index is 780. The minimum absolute atomic E-state index is 0.229. The van der Waals surface area contributed by atoms with Gasteiger partial charge in [0.2, 0.25) is 0 Å². The number of unbranched alkanes of at least 4 members (excludes halogenated alkanes) is 11. The van der Waals surface area contributed by atoms with Crippen molar-refractivity contribution in [3.8, 4) is 0 Å². The normalized spacial score (nSPS) is 18.0. The molecule has 2 N–H and O–H groups in total. The maximum absolute atomic E-state index is 13.0. The Labute approximate surface area is 212 Å². The number of carbonyl (C=O) groups is 2. The van der Waals surface area contributed by atoms with Crippen LogP contribution in [0.5, 0.6) is 0 Å². The van der Waals surface area contributed by atoms with Gasteiger partial charge in [-0.05, 0) is 5.92 Å². The molecule has 0 amide bonds. The summed E-state index contributed by atoms with van der Waals surface area (Å²) in [6.07, 6.45) is 16.1. The number of anilines is 1. The monoisotopic (exact) mass is 509 g/mol. The molecule has 190 valence electrons. The van der Waals surface area contributed by atoms with Crippen molar-refractivity contribution in [2.45, 2.75) is 109 Å². The molecular formula is C27H43NO5Ti. The number of rotatable bonds is 18. The van der Waals surface area contributed by atoms with E-state index in [4.69, 9.17) is 12.4 Å². The summed E-state index contributed by atoms with van der Waals surface area (Å²) in [5.41, 5.74) is 4.77. The van der Waals surface area contributed by atoms with E-state index in [1.807, 2.05) is 0 Å². The number of hydrogen-bond donors (Lipinski definition) is 1. The Morgan fingerprint density at radius 1 is 0.882 bits per heavy atom. The molecule has 0 saturated carbocycles. The van der Waals surface area contributed by atoms with Crippen LogP contribution in [0, 0.1) is 5.92 Å². The van der Waals surface area contributed by atoms with E-state index in [0.29, 0.717) is 17.7 Å². The van der Waals surface area contributed by atoms with Crippen LogP contribution in [0.1, 0.15) is 114 Å². The predicted molar refractivity (Wildman–Crippen MR) is 130 cm³/mol. The second-order valence-corrected chi connectivity index (χ2v) is 11.6. The number of carbonyl (C=O) groups excluding carboxylic acids is 2. The zero-order valence-corrected chi connectivity index (χ0v) is 22.7. The van der Waals surface area contributed by atoms with Gasteiger partial charge in [0.1, 0.15) is 0 Å². The zero-order valence-electron chi connectivity index (χ0n) is 21.1. The number of hydrogen-bond acceptors (Lipinski definition) is 6. The van der Waals surface area contributed by atoms with Gasteiger partial charge in [-0.3, -0.25) is 0 Å². The fourth-order valence-electron chi connectivity index (χ4n) is 4.41. The first kappa shape index (κ1) is 29.0. The van der Waals surface area contributed by atoms with Gasteiger partial charge in [-0.15, -0.1) is 0 Å². The van der Waals surface area contributed by atoms with Gasteiger partial charge >= 0.3 is 161 Å².